The second-order valence-electron chi connectivity index (χ2n) is 6.25. The molecule has 1 N–H and O–H groups in total. The number of ether oxygens (including phenoxy) is 1. The Kier molecular flexibility index (Phi) is 7.36. The molecule has 0 radical (unpaired) electrons. The van der Waals surface area contributed by atoms with Crippen LogP contribution in [0.1, 0.15) is 29.8 Å². The summed E-state index contributed by atoms with van der Waals surface area (Å²) in [6.45, 7) is 4.44. The second-order valence-corrected chi connectivity index (χ2v) is 7.10. The number of hydrogen-bond acceptors (Lipinski definition) is 3. The normalized spacial score (nSPS) is 10.7. The van der Waals surface area contributed by atoms with Gasteiger partial charge in [-0.2, -0.15) is 0 Å². The number of carbonyl (C=O) groups is 2. The van der Waals surface area contributed by atoms with E-state index < -0.39 is 0 Å². The highest BCUT2D eigenvalue weighted by molar-refractivity contribution is 9.10. The molecule has 0 saturated carbocycles. The number of nitrogens with zero attached hydrogens (tertiary/aromatic N) is 1. The maximum atomic E-state index is 12.5. The van der Waals surface area contributed by atoms with Crippen molar-refractivity contribution < 1.29 is 14.3 Å². The third-order valence-corrected chi connectivity index (χ3v) is 4.35. The molecule has 0 fully saturated rings. The minimum atomic E-state index is -0.255. The van der Waals surface area contributed by atoms with Gasteiger partial charge in [0.05, 0.1) is 24.9 Å². The molecule has 0 aliphatic rings. The van der Waals surface area contributed by atoms with Crippen molar-refractivity contribution in [2.24, 2.45) is 0 Å². The summed E-state index contributed by atoms with van der Waals surface area (Å²) in [6.07, 6.45) is 0.158. The molecule has 0 heterocycles. The zero-order valence-corrected chi connectivity index (χ0v) is 16.7. The SMILES string of the molecule is CC(C)OCc1ccc(C(=O)N(C)CC(=O)Nc2ccccc2Br)cc1. The number of nitrogens with one attached hydrogen (secondary N) is 1. The Morgan fingerprint density at radius 1 is 1.12 bits per heavy atom. The average Bonchev–Trinajstić information content (AvgIpc) is 2.61. The molecule has 2 amide bonds. The van der Waals surface area contributed by atoms with E-state index in [9.17, 15) is 9.59 Å². The lowest BCUT2D eigenvalue weighted by molar-refractivity contribution is -0.116. The predicted octanol–water partition coefficient (Wildman–Crippen LogP) is 4.08. The molecule has 0 atom stereocenters. The minimum Gasteiger partial charge on any atom is -0.374 e. The van der Waals surface area contributed by atoms with E-state index in [2.05, 4.69) is 21.2 Å². The number of likely N-dealkylation sites (N-methyl/N-ethyl adjacent to an activating group) is 1. The zero-order valence-electron chi connectivity index (χ0n) is 15.2. The Morgan fingerprint density at radius 3 is 2.38 bits per heavy atom. The van der Waals surface area contributed by atoms with Crippen molar-refractivity contribution in [3.8, 4) is 0 Å². The van der Waals surface area contributed by atoms with Gasteiger partial charge in [0.25, 0.3) is 5.91 Å². The first kappa shape index (κ1) is 20.1. The number of amides is 2. The van der Waals surface area contributed by atoms with Gasteiger partial charge < -0.3 is 15.0 Å². The third kappa shape index (κ3) is 5.97. The number of hydrogen-bond donors (Lipinski definition) is 1. The fraction of sp³-hybridized carbons (Fsp3) is 0.300. The van der Waals surface area contributed by atoms with Gasteiger partial charge in [-0.05, 0) is 59.6 Å². The number of rotatable bonds is 7. The van der Waals surface area contributed by atoms with E-state index in [0.29, 0.717) is 17.9 Å². The summed E-state index contributed by atoms with van der Waals surface area (Å²) < 4.78 is 6.34. The van der Waals surface area contributed by atoms with Crippen molar-refractivity contribution in [1.82, 2.24) is 4.90 Å². The molecular formula is C20H23BrN2O3. The van der Waals surface area contributed by atoms with Crippen molar-refractivity contribution >= 4 is 33.4 Å². The van der Waals surface area contributed by atoms with Crippen LogP contribution in [0.4, 0.5) is 5.69 Å². The molecule has 0 saturated heterocycles. The van der Waals surface area contributed by atoms with Gasteiger partial charge in [-0.25, -0.2) is 0 Å². The van der Waals surface area contributed by atoms with Crippen LogP contribution in [0.5, 0.6) is 0 Å². The monoisotopic (exact) mass is 418 g/mol. The lowest BCUT2D eigenvalue weighted by atomic mass is 10.1. The highest BCUT2D eigenvalue weighted by Gasteiger charge is 2.15. The van der Waals surface area contributed by atoms with E-state index in [1.807, 2.05) is 44.2 Å². The van der Waals surface area contributed by atoms with Gasteiger partial charge in [0, 0.05) is 17.1 Å². The number of para-hydroxylation sites is 1. The van der Waals surface area contributed by atoms with Crippen molar-refractivity contribution in [2.75, 3.05) is 18.9 Å². The van der Waals surface area contributed by atoms with Gasteiger partial charge in [0.1, 0.15) is 0 Å². The molecule has 5 nitrogen and oxygen atoms in total. The molecule has 0 aliphatic carbocycles. The molecule has 0 unspecified atom stereocenters. The Hall–Kier alpha value is -2.18. The molecule has 0 aliphatic heterocycles. The summed E-state index contributed by atoms with van der Waals surface area (Å²) in [5, 5.41) is 2.79. The van der Waals surface area contributed by atoms with Crippen molar-refractivity contribution in [3.05, 3.63) is 64.1 Å². The smallest absolute Gasteiger partial charge is 0.254 e. The molecule has 2 aromatic carbocycles. The van der Waals surface area contributed by atoms with Gasteiger partial charge in [0.2, 0.25) is 5.91 Å². The third-order valence-electron chi connectivity index (χ3n) is 3.66. The van der Waals surface area contributed by atoms with Crippen LogP contribution < -0.4 is 5.32 Å². The van der Waals surface area contributed by atoms with E-state index in [-0.39, 0.29) is 24.5 Å². The van der Waals surface area contributed by atoms with Crippen LogP contribution in [0.15, 0.2) is 53.0 Å². The Labute approximate surface area is 162 Å². The summed E-state index contributed by atoms with van der Waals surface area (Å²) >= 11 is 3.38. The lowest BCUT2D eigenvalue weighted by Gasteiger charge is -2.17. The maximum absolute atomic E-state index is 12.5. The molecule has 2 aromatic rings. The van der Waals surface area contributed by atoms with E-state index in [1.165, 1.54) is 4.90 Å². The quantitative estimate of drug-likeness (QED) is 0.736. The fourth-order valence-corrected chi connectivity index (χ4v) is 2.65. The number of anilines is 1. The van der Waals surface area contributed by atoms with Gasteiger partial charge in [-0.3, -0.25) is 9.59 Å². The van der Waals surface area contributed by atoms with Crippen LogP contribution in [0.3, 0.4) is 0 Å². The van der Waals surface area contributed by atoms with Crippen molar-refractivity contribution in [2.45, 2.75) is 26.6 Å². The maximum Gasteiger partial charge on any atom is 0.254 e. The molecular weight excluding hydrogens is 396 g/mol. The van der Waals surface area contributed by atoms with Crippen LogP contribution in [0.2, 0.25) is 0 Å². The van der Waals surface area contributed by atoms with Crippen LogP contribution in [-0.2, 0) is 16.1 Å². The Morgan fingerprint density at radius 2 is 1.77 bits per heavy atom. The molecule has 6 heteroatoms. The summed E-state index contributed by atoms with van der Waals surface area (Å²) in [4.78, 5) is 26.0. The topological polar surface area (TPSA) is 58.6 Å². The largest absolute Gasteiger partial charge is 0.374 e. The van der Waals surface area contributed by atoms with E-state index in [1.54, 1.807) is 25.2 Å². The number of carbonyl (C=O) groups excluding carboxylic acids is 2. The number of benzene rings is 2. The molecule has 138 valence electrons. The molecule has 26 heavy (non-hydrogen) atoms. The average molecular weight is 419 g/mol. The van der Waals surface area contributed by atoms with Gasteiger partial charge in [-0.1, -0.05) is 24.3 Å². The fourth-order valence-electron chi connectivity index (χ4n) is 2.27. The van der Waals surface area contributed by atoms with Crippen molar-refractivity contribution in [1.29, 1.82) is 0 Å². The molecule has 2 rings (SSSR count). The summed E-state index contributed by atoms with van der Waals surface area (Å²) in [5.41, 5.74) is 2.21. The molecule has 0 aromatic heterocycles. The van der Waals surface area contributed by atoms with E-state index >= 15 is 0 Å². The van der Waals surface area contributed by atoms with E-state index in [0.717, 1.165) is 10.0 Å². The molecule has 0 bridgehead atoms. The van der Waals surface area contributed by atoms with Gasteiger partial charge in [0.15, 0.2) is 0 Å². The molecule has 0 spiro atoms. The highest BCUT2D eigenvalue weighted by Crippen LogP contribution is 2.21. The van der Waals surface area contributed by atoms with Gasteiger partial charge in [-0.15, -0.1) is 0 Å². The second kappa shape index (κ2) is 9.50. The zero-order chi connectivity index (χ0) is 19.1. The van der Waals surface area contributed by atoms with Crippen LogP contribution in [-0.4, -0.2) is 36.4 Å². The van der Waals surface area contributed by atoms with Crippen LogP contribution in [0.25, 0.3) is 0 Å². The standard InChI is InChI=1S/C20H23BrN2O3/c1-14(2)26-13-15-8-10-16(11-9-15)20(25)23(3)12-19(24)22-18-7-5-4-6-17(18)21/h4-11,14H,12-13H2,1-3H3,(H,22,24). The summed E-state index contributed by atoms with van der Waals surface area (Å²) in [5.74, 6) is -0.460. The first-order chi connectivity index (χ1) is 12.4. The predicted molar refractivity (Wildman–Crippen MR) is 106 cm³/mol. The summed E-state index contributed by atoms with van der Waals surface area (Å²) in [7, 11) is 1.61. The van der Waals surface area contributed by atoms with E-state index in [4.69, 9.17) is 4.74 Å². The Balaban J connectivity index is 1.92. The lowest BCUT2D eigenvalue weighted by Crippen LogP contribution is -2.35. The van der Waals surface area contributed by atoms with Crippen LogP contribution >= 0.6 is 15.9 Å². The number of halogens is 1. The minimum absolute atomic E-state index is 0.0294. The first-order valence-electron chi connectivity index (χ1n) is 8.37. The summed E-state index contributed by atoms with van der Waals surface area (Å²) in [6, 6.07) is 14.6. The Bertz CT molecular complexity index is 760. The van der Waals surface area contributed by atoms with Crippen molar-refractivity contribution in [3.63, 3.8) is 0 Å². The van der Waals surface area contributed by atoms with Gasteiger partial charge >= 0.3 is 0 Å². The van der Waals surface area contributed by atoms with Crippen LogP contribution in [0, 0.1) is 0 Å². The first-order valence-corrected chi connectivity index (χ1v) is 9.16. The highest BCUT2D eigenvalue weighted by atomic mass is 79.9.